The molecule has 4 amide bonds. The van der Waals surface area contributed by atoms with Gasteiger partial charge in [0.1, 0.15) is 23.9 Å². The molecule has 0 radical (unpaired) electrons. The van der Waals surface area contributed by atoms with Gasteiger partial charge in [-0.1, -0.05) is 39.8 Å². The quantitative estimate of drug-likeness (QED) is 0.366. The molecule has 166 valence electrons. The van der Waals surface area contributed by atoms with Crippen LogP contribution < -0.4 is 21.7 Å². The molecule has 0 unspecified atom stereocenters. The number of amides is 4. The molecular weight excluding hydrogens is 388 g/mol. The monoisotopic (exact) mass is 420 g/mol. The van der Waals surface area contributed by atoms with E-state index in [1.807, 2.05) is 0 Å². The largest absolute Gasteiger partial charge is 0.508 e. The Labute approximate surface area is 176 Å². The van der Waals surface area contributed by atoms with Crippen molar-refractivity contribution in [1.82, 2.24) is 16.0 Å². The second-order valence-electron chi connectivity index (χ2n) is 7.99. The van der Waals surface area contributed by atoms with Gasteiger partial charge in [0.25, 0.3) is 0 Å². The SMILES string of the molecule is CC(=O)N[C@H](C(=O)N[C@H](C(=O)N[C@@H](Cc1ccc(O)cc1)C(N)=O)C(C)C)C(C)C. The number of phenolic OH excluding ortho intramolecular Hbond substituents is 1. The van der Waals surface area contributed by atoms with E-state index in [0.29, 0.717) is 5.56 Å². The molecule has 1 rings (SSSR count). The van der Waals surface area contributed by atoms with Gasteiger partial charge in [0.2, 0.25) is 23.6 Å². The Morgan fingerprint density at radius 2 is 1.33 bits per heavy atom. The Hall–Kier alpha value is -3.10. The summed E-state index contributed by atoms with van der Waals surface area (Å²) in [6, 6.07) is 3.49. The molecule has 0 heterocycles. The number of carbonyl (C=O) groups excluding carboxylic acids is 4. The molecule has 9 heteroatoms. The van der Waals surface area contributed by atoms with Gasteiger partial charge in [-0.05, 0) is 29.5 Å². The van der Waals surface area contributed by atoms with E-state index in [9.17, 15) is 24.3 Å². The Kier molecular flexibility index (Phi) is 9.29. The molecule has 1 aromatic carbocycles. The van der Waals surface area contributed by atoms with Crippen LogP contribution in [0.1, 0.15) is 40.2 Å². The Morgan fingerprint density at radius 1 is 0.867 bits per heavy atom. The molecule has 0 aromatic heterocycles. The van der Waals surface area contributed by atoms with Gasteiger partial charge in [-0.15, -0.1) is 0 Å². The van der Waals surface area contributed by atoms with Crippen molar-refractivity contribution in [3.8, 4) is 5.75 Å². The first-order chi connectivity index (χ1) is 13.9. The van der Waals surface area contributed by atoms with Gasteiger partial charge >= 0.3 is 0 Å². The lowest BCUT2D eigenvalue weighted by Gasteiger charge is -2.28. The molecule has 3 atom stereocenters. The highest BCUT2D eigenvalue weighted by Gasteiger charge is 2.31. The van der Waals surface area contributed by atoms with Gasteiger partial charge in [0, 0.05) is 13.3 Å². The van der Waals surface area contributed by atoms with Crippen LogP contribution in [0.5, 0.6) is 5.75 Å². The van der Waals surface area contributed by atoms with E-state index in [2.05, 4.69) is 16.0 Å². The summed E-state index contributed by atoms with van der Waals surface area (Å²) >= 11 is 0. The van der Waals surface area contributed by atoms with Crippen molar-refractivity contribution in [3.63, 3.8) is 0 Å². The predicted molar refractivity (Wildman–Crippen MR) is 112 cm³/mol. The average molecular weight is 421 g/mol. The zero-order chi connectivity index (χ0) is 23.0. The number of aromatic hydroxyl groups is 1. The lowest BCUT2D eigenvalue weighted by Crippen LogP contribution is -2.59. The molecular formula is C21H32N4O5. The van der Waals surface area contributed by atoms with Gasteiger partial charge in [-0.2, -0.15) is 0 Å². The maximum Gasteiger partial charge on any atom is 0.243 e. The van der Waals surface area contributed by atoms with Crippen LogP contribution in [-0.2, 0) is 25.6 Å². The average Bonchev–Trinajstić information content (AvgIpc) is 2.64. The number of primary amides is 1. The zero-order valence-electron chi connectivity index (χ0n) is 18.1. The summed E-state index contributed by atoms with van der Waals surface area (Å²) < 4.78 is 0. The minimum absolute atomic E-state index is 0.0832. The van der Waals surface area contributed by atoms with E-state index in [1.54, 1.807) is 39.8 Å². The lowest BCUT2D eigenvalue weighted by molar-refractivity contribution is -0.134. The summed E-state index contributed by atoms with van der Waals surface area (Å²) in [4.78, 5) is 48.8. The second kappa shape index (κ2) is 11.2. The number of nitrogens with two attached hydrogens (primary N) is 1. The van der Waals surface area contributed by atoms with Crippen molar-refractivity contribution < 1.29 is 24.3 Å². The van der Waals surface area contributed by atoms with E-state index in [-0.39, 0.29) is 29.9 Å². The van der Waals surface area contributed by atoms with Crippen LogP contribution in [0.4, 0.5) is 0 Å². The predicted octanol–water partition coefficient (Wildman–Crippen LogP) is 0.206. The number of phenols is 1. The fraction of sp³-hybridized carbons (Fsp3) is 0.524. The van der Waals surface area contributed by atoms with Crippen LogP contribution in [0, 0.1) is 11.8 Å². The molecule has 0 aliphatic carbocycles. The maximum absolute atomic E-state index is 12.8. The first kappa shape index (κ1) is 24.9. The van der Waals surface area contributed by atoms with Crippen molar-refractivity contribution in [2.45, 2.75) is 59.2 Å². The van der Waals surface area contributed by atoms with Gasteiger partial charge in [0.05, 0.1) is 0 Å². The molecule has 0 bridgehead atoms. The Morgan fingerprint density at radius 3 is 1.77 bits per heavy atom. The maximum atomic E-state index is 12.8. The number of benzene rings is 1. The van der Waals surface area contributed by atoms with Crippen molar-refractivity contribution in [2.24, 2.45) is 17.6 Å². The summed E-state index contributed by atoms with van der Waals surface area (Å²) in [6.45, 7) is 8.39. The summed E-state index contributed by atoms with van der Waals surface area (Å²) in [5.41, 5.74) is 6.15. The van der Waals surface area contributed by atoms with Gasteiger partial charge in [-0.25, -0.2) is 0 Å². The third kappa shape index (κ3) is 7.73. The van der Waals surface area contributed by atoms with Crippen LogP contribution >= 0.6 is 0 Å². The van der Waals surface area contributed by atoms with Crippen molar-refractivity contribution in [2.75, 3.05) is 0 Å². The highest BCUT2D eigenvalue weighted by Crippen LogP contribution is 2.12. The molecule has 0 saturated carbocycles. The number of nitrogens with one attached hydrogen (secondary N) is 3. The first-order valence-electron chi connectivity index (χ1n) is 9.87. The molecule has 0 saturated heterocycles. The van der Waals surface area contributed by atoms with Crippen LogP contribution in [-0.4, -0.2) is 46.9 Å². The third-order valence-corrected chi connectivity index (χ3v) is 4.59. The van der Waals surface area contributed by atoms with E-state index < -0.39 is 35.8 Å². The first-order valence-corrected chi connectivity index (χ1v) is 9.87. The fourth-order valence-corrected chi connectivity index (χ4v) is 2.88. The van der Waals surface area contributed by atoms with E-state index in [1.165, 1.54) is 19.1 Å². The highest BCUT2D eigenvalue weighted by atomic mass is 16.3. The van der Waals surface area contributed by atoms with E-state index >= 15 is 0 Å². The van der Waals surface area contributed by atoms with Crippen molar-refractivity contribution in [1.29, 1.82) is 0 Å². The molecule has 0 aliphatic heterocycles. The molecule has 6 N–H and O–H groups in total. The van der Waals surface area contributed by atoms with E-state index in [4.69, 9.17) is 5.73 Å². The standard InChI is InChI=1S/C21H32N4O5/c1-11(2)17(23-13(5)26)21(30)25-18(12(3)4)20(29)24-16(19(22)28)10-14-6-8-15(27)9-7-14/h6-9,11-12,16-18,27H,10H2,1-5H3,(H2,22,28)(H,23,26)(H,24,29)(H,25,30)/t16-,17-,18-/m0/s1. The zero-order valence-corrected chi connectivity index (χ0v) is 18.1. The smallest absolute Gasteiger partial charge is 0.243 e. The fourth-order valence-electron chi connectivity index (χ4n) is 2.88. The Bertz CT molecular complexity index is 761. The third-order valence-electron chi connectivity index (χ3n) is 4.59. The molecule has 9 nitrogen and oxygen atoms in total. The van der Waals surface area contributed by atoms with Crippen LogP contribution in [0.3, 0.4) is 0 Å². The Balaban J connectivity index is 2.92. The van der Waals surface area contributed by atoms with Gasteiger partial charge in [0.15, 0.2) is 0 Å². The number of hydrogen-bond donors (Lipinski definition) is 5. The molecule has 0 aliphatic rings. The lowest BCUT2D eigenvalue weighted by atomic mass is 9.98. The molecule has 30 heavy (non-hydrogen) atoms. The topological polar surface area (TPSA) is 151 Å². The van der Waals surface area contributed by atoms with Crippen LogP contribution in [0.15, 0.2) is 24.3 Å². The minimum Gasteiger partial charge on any atom is -0.508 e. The normalized spacial score (nSPS) is 14.0. The summed E-state index contributed by atoms with van der Waals surface area (Å²) in [5, 5.41) is 17.2. The summed E-state index contributed by atoms with van der Waals surface area (Å²) in [7, 11) is 0. The van der Waals surface area contributed by atoms with Crippen LogP contribution in [0.25, 0.3) is 0 Å². The molecule has 0 spiro atoms. The van der Waals surface area contributed by atoms with Crippen LogP contribution in [0.2, 0.25) is 0 Å². The summed E-state index contributed by atoms with van der Waals surface area (Å²) in [5.74, 6) is -2.48. The summed E-state index contributed by atoms with van der Waals surface area (Å²) in [6.07, 6.45) is 0.140. The van der Waals surface area contributed by atoms with Crippen molar-refractivity contribution >= 4 is 23.6 Å². The number of rotatable bonds is 10. The van der Waals surface area contributed by atoms with Gasteiger partial charge in [-0.3, -0.25) is 19.2 Å². The second-order valence-corrected chi connectivity index (χ2v) is 7.99. The van der Waals surface area contributed by atoms with Crippen molar-refractivity contribution in [3.05, 3.63) is 29.8 Å². The molecule has 0 fully saturated rings. The number of carbonyl (C=O) groups is 4. The van der Waals surface area contributed by atoms with Gasteiger partial charge < -0.3 is 26.8 Å². The molecule has 1 aromatic rings. The van der Waals surface area contributed by atoms with E-state index in [0.717, 1.165) is 0 Å². The minimum atomic E-state index is -0.989. The highest BCUT2D eigenvalue weighted by molar-refractivity contribution is 5.94. The number of hydrogen-bond acceptors (Lipinski definition) is 5.